The molecule has 0 aliphatic rings. The molecule has 0 unspecified atom stereocenters. The molecule has 5 N–H and O–H groups in total. The SMILES string of the molecule is Cc1ccc(NC(=O)C(=O)Nc2ccc(O)cc2C)c(N)c1. The first-order chi connectivity index (χ1) is 10.4. The molecule has 2 rings (SSSR count). The van der Waals surface area contributed by atoms with E-state index in [9.17, 15) is 14.7 Å². The lowest BCUT2D eigenvalue weighted by Crippen LogP contribution is -2.29. The van der Waals surface area contributed by atoms with Gasteiger partial charge in [0.15, 0.2) is 0 Å². The van der Waals surface area contributed by atoms with Gasteiger partial charge in [-0.25, -0.2) is 0 Å². The smallest absolute Gasteiger partial charge is 0.314 e. The molecule has 114 valence electrons. The Morgan fingerprint density at radius 2 is 1.55 bits per heavy atom. The van der Waals surface area contributed by atoms with E-state index in [4.69, 9.17) is 5.73 Å². The van der Waals surface area contributed by atoms with Crippen molar-refractivity contribution in [3.8, 4) is 5.75 Å². The van der Waals surface area contributed by atoms with Gasteiger partial charge < -0.3 is 21.5 Å². The molecule has 0 atom stereocenters. The van der Waals surface area contributed by atoms with Crippen molar-refractivity contribution < 1.29 is 14.7 Å². The number of aryl methyl sites for hydroxylation is 2. The Kier molecular flexibility index (Phi) is 4.31. The van der Waals surface area contributed by atoms with Crippen LogP contribution in [0.5, 0.6) is 5.75 Å². The van der Waals surface area contributed by atoms with Gasteiger partial charge in [0.2, 0.25) is 0 Å². The number of hydrogen-bond acceptors (Lipinski definition) is 4. The summed E-state index contributed by atoms with van der Waals surface area (Å²) in [6.45, 7) is 3.59. The molecule has 0 saturated carbocycles. The summed E-state index contributed by atoms with van der Waals surface area (Å²) in [4.78, 5) is 23.8. The standard InChI is InChI=1S/C16H17N3O3/c1-9-3-5-14(12(17)7-9)19-16(22)15(21)18-13-6-4-11(20)8-10(13)2/h3-8,20H,17H2,1-2H3,(H,18,21)(H,19,22). The van der Waals surface area contributed by atoms with E-state index in [1.165, 1.54) is 18.2 Å². The lowest BCUT2D eigenvalue weighted by Gasteiger charge is -2.10. The number of rotatable bonds is 2. The van der Waals surface area contributed by atoms with Gasteiger partial charge in [-0.2, -0.15) is 0 Å². The van der Waals surface area contributed by atoms with Gasteiger partial charge in [-0.3, -0.25) is 9.59 Å². The number of phenols is 1. The highest BCUT2D eigenvalue weighted by molar-refractivity contribution is 6.44. The molecule has 0 radical (unpaired) electrons. The number of nitrogens with two attached hydrogens (primary N) is 1. The van der Waals surface area contributed by atoms with Crippen LogP contribution in [0.15, 0.2) is 36.4 Å². The Bertz CT molecular complexity index is 678. The average molecular weight is 299 g/mol. The van der Waals surface area contributed by atoms with Crippen molar-refractivity contribution in [3.63, 3.8) is 0 Å². The normalized spacial score (nSPS) is 10.1. The number of aromatic hydroxyl groups is 1. The van der Waals surface area contributed by atoms with E-state index in [0.29, 0.717) is 22.6 Å². The molecule has 0 aliphatic heterocycles. The summed E-state index contributed by atoms with van der Waals surface area (Å²) >= 11 is 0. The molecule has 22 heavy (non-hydrogen) atoms. The van der Waals surface area contributed by atoms with Gasteiger partial charge in [-0.05, 0) is 55.3 Å². The van der Waals surface area contributed by atoms with E-state index in [2.05, 4.69) is 10.6 Å². The number of hydrogen-bond donors (Lipinski definition) is 4. The number of phenolic OH excluding ortho intramolecular Hbond substituents is 1. The van der Waals surface area contributed by atoms with Crippen molar-refractivity contribution in [2.24, 2.45) is 0 Å². The predicted molar refractivity (Wildman–Crippen MR) is 85.7 cm³/mol. The Labute approximate surface area is 128 Å². The molecule has 6 nitrogen and oxygen atoms in total. The van der Waals surface area contributed by atoms with E-state index in [-0.39, 0.29) is 5.75 Å². The molecular weight excluding hydrogens is 282 g/mol. The number of amides is 2. The lowest BCUT2D eigenvalue weighted by atomic mass is 10.2. The number of carbonyl (C=O) groups excluding carboxylic acids is 2. The van der Waals surface area contributed by atoms with Crippen LogP contribution in [0.2, 0.25) is 0 Å². The fourth-order valence-electron chi connectivity index (χ4n) is 1.94. The van der Waals surface area contributed by atoms with Gasteiger partial charge in [0.05, 0.1) is 11.4 Å². The molecule has 0 saturated heterocycles. The van der Waals surface area contributed by atoms with Gasteiger partial charge in [0.1, 0.15) is 5.75 Å². The molecular formula is C16H17N3O3. The molecule has 2 aromatic rings. The maximum atomic E-state index is 11.9. The molecule has 0 heterocycles. The monoisotopic (exact) mass is 299 g/mol. The summed E-state index contributed by atoms with van der Waals surface area (Å²) in [7, 11) is 0. The van der Waals surface area contributed by atoms with Gasteiger partial charge in [-0.1, -0.05) is 6.07 Å². The fraction of sp³-hybridized carbons (Fsp3) is 0.125. The van der Waals surface area contributed by atoms with Crippen molar-refractivity contribution in [1.82, 2.24) is 0 Å². The summed E-state index contributed by atoms with van der Waals surface area (Å²) in [6.07, 6.45) is 0. The maximum absolute atomic E-state index is 11.9. The minimum atomic E-state index is -0.817. The van der Waals surface area contributed by atoms with Crippen molar-refractivity contribution in [3.05, 3.63) is 47.5 Å². The molecule has 2 aromatic carbocycles. The van der Waals surface area contributed by atoms with Crippen LogP contribution < -0.4 is 16.4 Å². The number of nitrogen functional groups attached to an aromatic ring is 1. The highest BCUT2D eigenvalue weighted by atomic mass is 16.3. The Morgan fingerprint density at radius 3 is 2.14 bits per heavy atom. The molecule has 0 aromatic heterocycles. The summed E-state index contributed by atoms with van der Waals surface area (Å²) in [5.74, 6) is -1.54. The minimum absolute atomic E-state index is 0.0902. The first kappa shape index (κ1) is 15.4. The van der Waals surface area contributed by atoms with Gasteiger partial charge in [0, 0.05) is 5.69 Å². The zero-order valence-corrected chi connectivity index (χ0v) is 12.3. The summed E-state index contributed by atoms with van der Waals surface area (Å²) < 4.78 is 0. The van der Waals surface area contributed by atoms with Crippen molar-refractivity contribution in [2.45, 2.75) is 13.8 Å². The van der Waals surface area contributed by atoms with Crippen LogP contribution in [0.1, 0.15) is 11.1 Å². The van der Waals surface area contributed by atoms with Crippen LogP contribution in [0.3, 0.4) is 0 Å². The largest absolute Gasteiger partial charge is 0.508 e. The number of benzene rings is 2. The van der Waals surface area contributed by atoms with Crippen LogP contribution in [-0.4, -0.2) is 16.9 Å². The van der Waals surface area contributed by atoms with Gasteiger partial charge >= 0.3 is 11.8 Å². The fourth-order valence-corrected chi connectivity index (χ4v) is 1.94. The van der Waals surface area contributed by atoms with Gasteiger partial charge in [-0.15, -0.1) is 0 Å². The maximum Gasteiger partial charge on any atom is 0.314 e. The quantitative estimate of drug-likeness (QED) is 0.387. The summed E-state index contributed by atoms with van der Waals surface area (Å²) in [5, 5.41) is 14.3. The highest BCUT2D eigenvalue weighted by Gasteiger charge is 2.16. The van der Waals surface area contributed by atoms with Crippen molar-refractivity contribution in [2.75, 3.05) is 16.4 Å². The predicted octanol–water partition coefficient (Wildman–Crippen LogP) is 2.17. The zero-order chi connectivity index (χ0) is 16.3. The first-order valence-electron chi connectivity index (χ1n) is 6.65. The highest BCUT2D eigenvalue weighted by Crippen LogP contribution is 2.21. The second-order valence-electron chi connectivity index (χ2n) is 5.00. The van der Waals surface area contributed by atoms with Crippen molar-refractivity contribution in [1.29, 1.82) is 0 Å². The summed E-state index contributed by atoms with van der Waals surface area (Å²) in [6, 6.07) is 9.58. The van der Waals surface area contributed by atoms with E-state index >= 15 is 0 Å². The Hall–Kier alpha value is -3.02. The molecule has 0 fully saturated rings. The molecule has 0 spiro atoms. The first-order valence-corrected chi connectivity index (χ1v) is 6.65. The number of nitrogens with one attached hydrogen (secondary N) is 2. The third-order valence-electron chi connectivity index (χ3n) is 3.12. The second-order valence-corrected chi connectivity index (χ2v) is 5.00. The minimum Gasteiger partial charge on any atom is -0.508 e. The molecule has 0 aliphatic carbocycles. The van der Waals surface area contributed by atoms with E-state index in [1.807, 2.05) is 6.92 Å². The van der Waals surface area contributed by atoms with Crippen LogP contribution in [0.4, 0.5) is 17.1 Å². The zero-order valence-electron chi connectivity index (χ0n) is 12.3. The summed E-state index contributed by atoms with van der Waals surface area (Å²) in [5.41, 5.74) is 8.62. The Morgan fingerprint density at radius 1 is 0.955 bits per heavy atom. The molecule has 0 bridgehead atoms. The lowest BCUT2D eigenvalue weighted by molar-refractivity contribution is -0.132. The van der Waals surface area contributed by atoms with Gasteiger partial charge in [0.25, 0.3) is 0 Å². The second kappa shape index (κ2) is 6.17. The third-order valence-corrected chi connectivity index (χ3v) is 3.12. The topological polar surface area (TPSA) is 104 Å². The number of anilines is 3. The third kappa shape index (κ3) is 3.54. The van der Waals surface area contributed by atoms with E-state index in [0.717, 1.165) is 5.56 Å². The van der Waals surface area contributed by atoms with Crippen LogP contribution in [0, 0.1) is 13.8 Å². The van der Waals surface area contributed by atoms with Crippen molar-refractivity contribution >= 4 is 28.9 Å². The average Bonchev–Trinajstić information content (AvgIpc) is 2.44. The number of carbonyl (C=O) groups is 2. The van der Waals surface area contributed by atoms with E-state index < -0.39 is 11.8 Å². The molecule has 6 heteroatoms. The Balaban J connectivity index is 2.07. The van der Waals surface area contributed by atoms with Crippen LogP contribution in [-0.2, 0) is 9.59 Å². The van der Waals surface area contributed by atoms with E-state index in [1.54, 1.807) is 25.1 Å². The van der Waals surface area contributed by atoms with Crippen LogP contribution in [0.25, 0.3) is 0 Å². The van der Waals surface area contributed by atoms with Crippen LogP contribution >= 0.6 is 0 Å². The molecule has 2 amide bonds.